The van der Waals surface area contributed by atoms with Gasteiger partial charge in [-0.15, -0.1) is 0 Å². The molecule has 1 aromatic carbocycles. The van der Waals surface area contributed by atoms with E-state index in [1.807, 2.05) is 0 Å². The van der Waals surface area contributed by atoms with Crippen LogP contribution < -0.4 is 5.32 Å². The fourth-order valence-corrected chi connectivity index (χ4v) is 1.96. The highest BCUT2D eigenvalue weighted by Crippen LogP contribution is 2.24. The summed E-state index contributed by atoms with van der Waals surface area (Å²) < 4.78 is 5.40. The lowest BCUT2D eigenvalue weighted by molar-refractivity contribution is -0.120. The molecule has 2 rings (SSSR count). The number of benzene rings is 1. The number of aromatic hydroxyl groups is 2. The van der Waals surface area contributed by atoms with E-state index in [0.717, 1.165) is 19.4 Å². The summed E-state index contributed by atoms with van der Waals surface area (Å²) in [5.41, 5.74) is 0.662. The van der Waals surface area contributed by atoms with Gasteiger partial charge in [-0.1, -0.05) is 6.07 Å². The molecule has 0 radical (unpaired) electrons. The maximum atomic E-state index is 11.7. The van der Waals surface area contributed by atoms with Gasteiger partial charge in [-0.05, 0) is 30.5 Å². The molecule has 0 aliphatic carbocycles. The molecule has 0 saturated carbocycles. The monoisotopic (exact) mass is 251 g/mol. The molecule has 1 heterocycles. The highest BCUT2D eigenvalue weighted by atomic mass is 16.5. The first-order valence-corrected chi connectivity index (χ1v) is 6.04. The molecule has 1 saturated heterocycles. The molecule has 1 atom stereocenters. The maximum absolute atomic E-state index is 11.7. The number of carbonyl (C=O) groups excluding carboxylic acids is 1. The van der Waals surface area contributed by atoms with Crippen LogP contribution in [0.15, 0.2) is 18.2 Å². The first-order valence-electron chi connectivity index (χ1n) is 6.04. The number of hydrogen-bond acceptors (Lipinski definition) is 4. The summed E-state index contributed by atoms with van der Waals surface area (Å²) in [7, 11) is 0. The van der Waals surface area contributed by atoms with Crippen molar-refractivity contribution in [3.05, 3.63) is 23.8 Å². The quantitative estimate of drug-likeness (QED) is 0.696. The number of amides is 1. The van der Waals surface area contributed by atoms with E-state index in [-0.39, 0.29) is 29.9 Å². The predicted molar refractivity (Wildman–Crippen MR) is 65.5 cm³/mol. The molecule has 1 aliphatic rings. The Morgan fingerprint density at radius 2 is 2.22 bits per heavy atom. The third-order valence-electron chi connectivity index (χ3n) is 2.96. The first kappa shape index (κ1) is 12.7. The van der Waals surface area contributed by atoms with Crippen molar-refractivity contribution in [2.75, 3.05) is 13.2 Å². The van der Waals surface area contributed by atoms with Crippen LogP contribution in [0.25, 0.3) is 0 Å². The van der Waals surface area contributed by atoms with Crippen molar-refractivity contribution >= 4 is 5.91 Å². The van der Waals surface area contributed by atoms with Crippen LogP contribution in [0.4, 0.5) is 0 Å². The van der Waals surface area contributed by atoms with Gasteiger partial charge in [0.1, 0.15) is 0 Å². The molecule has 1 aromatic rings. The van der Waals surface area contributed by atoms with E-state index in [4.69, 9.17) is 9.84 Å². The Balaban J connectivity index is 1.80. The molecule has 0 bridgehead atoms. The summed E-state index contributed by atoms with van der Waals surface area (Å²) in [5, 5.41) is 21.3. The lowest BCUT2D eigenvalue weighted by atomic mass is 10.1. The van der Waals surface area contributed by atoms with Crippen molar-refractivity contribution in [1.82, 2.24) is 5.32 Å². The predicted octanol–water partition coefficient (Wildman–Crippen LogP) is 0.935. The van der Waals surface area contributed by atoms with Gasteiger partial charge in [-0.25, -0.2) is 0 Å². The van der Waals surface area contributed by atoms with Crippen LogP contribution >= 0.6 is 0 Å². The van der Waals surface area contributed by atoms with Gasteiger partial charge in [-0.2, -0.15) is 0 Å². The van der Waals surface area contributed by atoms with Crippen LogP contribution in [0.3, 0.4) is 0 Å². The summed E-state index contributed by atoms with van der Waals surface area (Å²) in [5.74, 6) is -0.506. The molecular weight excluding hydrogens is 234 g/mol. The van der Waals surface area contributed by atoms with E-state index in [2.05, 4.69) is 5.32 Å². The van der Waals surface area contributed by atoms with Gasteiger partial charge in [0, 0.05) is 13.2 Å². The molecule has 0 aromatic heterocycles. The van der Waals surface area contributed by atoms with Crippen LogP contribution in [0.2, 0.25) is 0 Å². The third-order valence-corrected chi connectivity index (χ3v) is 2.96. The molecule has 5 nitrogen and oxygen atoms in total. The van der Waals surface area contributed by atoms with Crippen LogP contribution in [0, 0.1) is 0 Å². The van der Waals surface area contributed by atoms with E-state index in [1.165, 1.54) is 12.1 Å². The van der Waals surface area contributed by atoms with Gasteiger partial charge in [0.05, 0.1) is 12.5 Å². The summed E-state index contributed by atoms with van der Waals surface area (Å²) in [6.07, 6.45) is 2.34. The second-order valence-corrected chi connectivity index (χ2v) is 4.44. The SMILES string of the molecule is O=C(Cc1ccc(O)c(O)c1)NCC1CCCO1. The molecule has 18 heavy (non-hydrogen) atoms. The van der Waals surface area contributed by atoms with Crippen LogP contribution in [0.1, 0.15) is 18.4 Å². The van der Waals surface area contributed by atoms with E-state index < -0.39 is 0 Å². The topological polar surface area (TPSA) is 78.8 Å². The van der Waals surface area contributed by atoms with Crippen molar-refractivity contribution < 1.29 is 19.7 Å². The Morgan fingerprint density at radius 1 is 1.39 bits per heavy atom. The zero-order valence-corrected chi connectivity index (χ0v) is 10.1. The van der Waals surface area contributed by atoms with Crippen LogP contribution in [-0.2, 0) is 16.0 Å². The van der Waals surface area contributed by atoms with Gasteiger partial charge >= 0.3 is 0 Å². The van der Waals surface area contributed by atoms with E-state index >= 15 is 0 Å². The zero-order valence-electron chi connectivity index (χ0n) is 10.1. The summed E-state index contributed by atoms with van der Waals surface area (Å²) in [4.78, 5) is 11.7. The van der Waals surface area contributed by atoms with Crippen molar-refractivity contribution in [3.8, 4) is 11.5 Å². The molecule has 1 amide bonds. The summed E-state index contributed by atoms with van der Waals surface area (Å²) in [6, 6.07) is 4.37. The average Bonchev–Trinajstić information content (AvgIpc) is 2.84. The van der Waals surface area contributed by atoms with Gasteiger partial charge in [0.25, 0.3) is 0 Å². The standard InChI is InChI=1S/C13H17NO4/c15-11-4-3-9(6-12(11)16)7-13(17)14-8-10-2-1-5-18-10/h3-4,6,10,15-16H,1-2,5,7-8H2,(H,14,17). The Morgan fingerprint density at radius 3 is 2.89 bits per heavy atom. The normalized spacial score (nSPS) is 18.8. The number of nitrogens with one attached hydrogen (secondary N) is 1. The molecule has 1 fully saturated rings. The van der Waals surface area contributed by atoms with Crippen LogP contribution in [-0.4, -0.2) is 35.4 Å². The first-order chi connectivity index (χ1) is 8.65. The zero-order chi connectivity index (χ0) is 13.0. The minimum absolute atomic E-state index is 0.115. The smallest absolute Gasteiger partial charge is 0.224 e. The number of rotatable bonds is 4. The molecule has 98 valence electrons. The Bertz CT molecular complexity index is 427. The highest BCUT2D eigenvalue weighted by molar-refractivity contribution is 5.78. The van der Waals surface area contributed by atoms with Gasteiger partial charge in [0.2, 0.25) is 5.91 Å². The Hall–Kier alpha value is -1.75. The molecule has 0 spiro atoms. The Kier molecular flexibility index (Phi) is 4.04. The maximum Gasteiger partial charge on any atom is 0.224 e. The summed E-state index contributed by atoms with van der Waals surface area (Å²) in [6.45, 7) is 1.30. The highest BCUT2D eigenvalue weighted by Gasteiger charge is 2.16. The second-order valence-electron chi connectivity index (χ2n) is 4.44. The van der Waals surface area contributed by atoms with E-state index in [9.17, 15) is 9.90 Å². The second kappa shape index (κ2) is 5.73. The number of phenols is 2. The lowest BCUT2D eigenvalue weighted by Gasteiger charge is -2.10. The number of ether oxygens (including phenoxy) is 1. The van der Waals surface area contributed by atoms with Crippen molar-refractivity contribution in [2.45, 2.75) is 25.4 Å². The number of hydrogen-bond donors (Lipinski definition) is 3. The molecule has 1 aliphatic heterocycles. The summed E-state index contributed by atoms with van der Waals surface area (Å²) >= 11 is 0. The number of phenolic OH excluding ortho intramolecular Hbond substituents is 2. The van der Waals surface area contributed by atoms with Crippen molar-refractivity contribution in [3.63, 3.8) is 0 Å². The molecular formula is C13H17NO4. The van der Waals surface area contributed by atoms with E-state index in [1.54, 1.807) is 6.07 Å². The third kappa shape index (κ3) is 3.37. The lowest BCUT2D eigenvalue weighted by Crippen LogP contribution is -2.32. The van der Waals surface area contributed by atoms with Gasteiger partial charge < -0.3 is 20.3 Å². The van der Waals surface area contributed by atoms with Gasteiger partial charge in [0.15, 0.2) is 11.5 Å². The molecule has 3 N–H and O–H groups in total. The molecule has 1 unspecified atom stereocenters. The largest absolute Gasteiger partial charge is 0.504 e. The fourth-order valence-electron chi connectivity index (χ4n) is 1.96. The minimum atomic E-state index is -0.209. The molecule has 5 heteroatoms. The van der Waals surface area contributed by atoms with Gasteiger partial charge in [-0.3, -0.25) is 4.79 Å². The number of carbonyl (C=O) groups is 1. The van der Waals surface area contributed by atoms with Crippen LogP contribution in [0.5, 0.6) is 11.5 Å². The van der Waals surface area contributed by atoms with Crippen molar-refractivity contribution in [2.24, 2.45) is 0 Å². The minimum Gasteiger partial charge on any atom is -0.504 e. The average molecular weight is 251 g/mol. The van der Waals surface area contributed by atoms with Crippen molar-refractivity contribution in [1.29, 1.82) is 0 Å². The Labute approximate surface area is 105 Å². The van der Waals surface area contributed by atoms with E-state index in [0.29, 0.717) is 12.1 Å². The fraction of sp³-hybridized carbons (Fsp3) is 0.462.